The van der Waals surface area contributed by atoms with Crippen molar-refractivity contribution < 1.29 is 9.53 Å². The number of carbonyl (C=O) groups excluding carboxylic acids is 1. The van der Waals surface area contributed by atoms with Crippen LogP contribution in [0.4, 0.5) is 0 Å². The van der Waals surface area contributed by atoms with E-state index in [-0.39, 0.29) is 23.3 Å². The molecule has 20 heavy (non-hydrogen) atoms. The molecule has 0 bridgehead atoms. The number of halogens is 1. The maximum Gasteiger partial charge on any atom is 0.142 e. The highest BCUT2D eigenvalue weighted by molar-refractivity contribution is 8.00. The van der Waals surface area contributed by atoms with Crippen LogP contribution in [0.15, 0.2) is 0 Å². The Morgan fingerprint density at radius 3 is 2.80 bits per heavy atom. The molecule has 3 fully saturated rings. The average molecular weight is 317 g/mol. The lowest BCUT2D eigenvalue weighted by atomic mass is 9.74. The molecule has 0 radical (unpaired) electrons. The lowest BCUT2D eigenvalue weighted by Gasteiger charge is -2.47. The number of ether oxygens (including phenoxy) is 1. The van der Waals surface area contributed by atoms with Crippen LogP contribution in [0.5, 0.6) is 0 Å². The third kappa shape index (κ3) is 2.78. The highest BCUT2D eigenvalue weighted by Gasteiger charge is 2.51. The van der Waals surface area contributed by atoms with E-state index in [1.807, 2.05) is 0 Å². The Morgan fingerprint density at radius 2 is 2.00 bits per heavy atom. The number of hydrogen-bond donors (Lipinski definition) is 0. The van der Waals surface area contributed by atoms with Crippen LogP contribution in [-0.4, -0.2) is 34.4 Å². The first-order chi connectivity index (χ1) is 9.72. The molecule has 0 N–H and O–H groups in total. The maximum atomic E-state index is 12.9. The molecule has 1 aliphatic heterocycles. The molecule has 6 unspecified atom stereocenters. The van der Waals surface area contributed by atoms with Crippen LogP contribution < -0.4 is 0 Å². The Balaban J connectivity index is 1.72. The fourth-order valence-electron chi connectivity index (χ4n) is 4.10. The first-order valence-corrected chi connectivity index (χ1v) is 9.55. The van der Waals surface area contributed by atoms with E-state index in [4.69, 9.17) is 16.3 Å². The molecule has 3 aliphatic rings. The number of Topliss-reactive ketones (excluding diaryl/α,β-unsaturated/α-hetero) is 1. The number of ketones is 1. The van der Waals surface area contributed by atoms with Gasteiger partial charge in [0.2, 0.25) is 0 Å². The summed E-state index contributed by atoms with van der Waals surface area (Å²) in [6.07, 6.45) is 8.05. The molecule has 0 spiro atoms. The van der Waals surface area contributed by atoms with Gasteiger partial charge in [0.1, 0.15) is 5.78 Å². The lowest BCUT2D eigenvalue weighted by molar-refractivity contribution is -0.130. The first-order valence-electron chi connectivity index (χ1n) is 8.17. The normalized spacial score (nSPS) is 44.8. The van der Waals surface area contributed by atoms with Gasteiger partial charge in [-0.2, -0.15) is 11.8 Å². The van der Waals surface area contributed by atoms with Gasteiger partial charge in [-0.15, -0.1) is 11.6 Å². The lowest BCUT2D eigenvalue weighted by Crippen LogP contribution is -2.53. The van der Waals surface area contributed by atoms with Crippen molar-refractivity contribution in [3.8, 4) is 0 Å². The van der Waals surface area contributed by atoms with Crippen LogP contribution >= 0.6 is 23.4 Å². The van der Waals surface area contributed by atoms with Crippen molar-refractivity contribution >= 4 is 29.1 Å². The largest absolute Gasteiger partial charge is 0.377 e. The van der Waals surface area contributed by atoms with Crippen molar-refractivity contribution in [1.82, 2.24) is 0 Å². The fourth-order valence-corrected chi connectivity index (χ4v) is 6.64. The third-order valence-electron chi connectivity index (χ3n) is 5.12. The molecular weight excluding hydrogens is 292 g/mol. The van der Waals surface area contributed by atoms with E-state index in [2.05, 4.69) is 18.7 Å². The zero-order valence-corrected chi connectivity index (χ0v) is 13.8. The number of carbonyl (C=O) groups is 1. The molecule has 1 saturated heterocycles. The number of hydrogen-bond acceptors (Lipinski definition) is 3. The quantitative estimate of drug-likeness (QED) is 0.735. The summed E-state index contributed by atoms with van der Waals surface area (Å²) in [6.45, 7) is 2.88. The van der Waals surface area contributed by atoms with Crippen LogP contribution in [0.25, 0.3) is 0 Å². The van der Waals surface area contributed by atoms with E-state index in [1.54, 1.807) is 0 Å². The zero-order valence-electron chi connectivity index (χ0n) is 12.2. The Bertz CT molecular complexity index is 362. The van der Waals surface area contributed by atoms with Crippen LogP contribution in [0, 0.1) is 11.8 Å². The van der Waals surface area contributed by atoms with E-state index in [1.165, 1.54) is 19.3 Å². The third-order valence-corrected chi connectivity index (χ3v) is 7.46. The van der Waals surface area contributed by atoms with Crippen LogP contribution in [0.2, 0.25) is 0 Å². The summed E-state index contributed by atoms with van der Waals surface area (Å²) in [5, 5.41) is 0.920. The molecule has 3 rings (SSSR count). The summed E-state index contributed by atoms with van der Waals surface area (Å²) in [5.41, 5.74) is 0. The van der Waals surface area contributed by atoms with Crippen molar-refractivity contribution in [3.63, 3.8) is 0 Å². The van der Waals surface area contributed by atoms with E-state index >= 15 is 0 Å². The summed E-state index contributed by atoms with van der Waals surface area (Å²) < 4.78 is 5.88. The van der Waals surface area contributed by atoms with E-state index in [9.17, 15) is 4.79 Å². The zero-order chi connectivity index (χ0) is 14.1. The monoisotopic (exact) mass is 316 g/mol. The van der Waals surface area contributed by atoms with Crippen LogP contribution in [0.1, 0.15) is 51.9 Å². The minimum Gasteiger partial charge on any atom is -0.377 e. The van der Waals surface area contributed by atoms with Gasteiger partial charge in [0.25, 0.3) is 0 Å². The molecule has 0 aromatic heterocycles. The van der Waals surface area contributed by atoms with Gasteiger partial charge in [0, 0.05) is 28.9 Å². The second-order valence-corrected chi connectivity index (χ2v) is 8.45. The molecule has 0 aromatic carbocycles. The highest BCUT2D eigenvalue weighted by atomic mass is 35.5. The Hall–Kier alpha value is 0.270. The van der Waals surface area contributed by atoms with Gasteiger partial charge in [-0.1, -0.05) is 19.8 Å². The SMILES string of the molecule is CCCOC1CCC2SC3CCCCC3C(=O)C2C1Cl. The molecule has 2 aliphatic carbocycles. The van der Waals surface area contributed by atoms with Crippen LogP contribution in [-0.2, 0) is 9.53 Å². The molecule has 2 nitrogen and oxygen atoms in total. The number of alkyl halides is 1. The second kappa shape index (κ2) is 6.58. The molecule has 1 heterocycles. The van der Waals surface area contributed by atoms with Crippen LogP contribution in [0.3, 0.4) is 0 Å². The molecule has 0 amide bonds. The average Bonchev–Trinajstić information content (AvgIpc) is 2.47. The number of thioether (sulfide) groups is 1. The van der Waals surface area contributed by atoms with Gasteiger partial charge in [-0.25, -0.2) is 0 Å². The minimum absolute atomic E-state index is 0.0385. The molecule has 0 aromatic rings. The smallest absolute Gasteiger partial charge is 0.142 e. The Labute approximate surface area is 131 Å². The van der Waals surface area contributed by atoms with Gasteiger partial charge in [-0.3, -0.25) is 4.79 Å². The van der Waals surface area contributed by atoms with Gasteiger partial charge in [0.05, 0.1) is 11.5 Å². The Kier molecular flexibility index (Phi) is 4.99. The first kappa shape index (κ1) is 15.2. The number of rotatable bonds is 3. The van der Waals surface area contributed by atoms with Gasteiger partial charge in [0.15, 0.2) is 0 Å². The summed E-state index contributed by atoms with van der Waals surface area (Å²) in [5.74, 6) is 0.779. The molecule has 114 valence electrons. The predicted molar refractivity (Wildman–Crippen MR) is 84.5 cm³/mol. The van der Waals surface area contributed by atoms with Crippen molar-refractivity contribution in [2.75, 3.05) is 6.61 Å². The molecular formula is C16H25ClO2S. The molecule has 6 atom stereocenters. The number of fused-ring (bicyclic) bond motifs is 2. The summed E-state index contributed by atoms with van der Waals surface area (Å²) in [7, 11) is 0. The highest BCUT2D eigenvalue weighted by Crippen LogP contribution is 2.50. The topological polar surface area (TPSA) is 26.3 Å². The fraction of sp³-hybridized carbons (Fsp3) is 0.938. The van der Waals surface area contributed by atoms with Gasteiger partial charge in [-0.05, 0) is 32.1 Å². The summed E-state index contributed by atoms with van der Waals surface area (Å²) in [6, 6.07) is 0. The maximum absolute atomic E-state index is 12.9. The minimum atomic E-state index is -0.108. The van der Waals surface area contributed by atoms with Gasteiger partial charge >= 0.3 is 0 Å². The van der Waals surface area contributed by atoms with E-state index < -0.39 is 0 Å². The predicted octanol–water partition coefficient (Wildman–Crippen LogP) is 4.04. The van der Waals surface area contributed by atoms with Crippen molar-refractivity contribution in [2.45, 2.75) is 73.9 Å². The van der Waals surface area contributed by atoms with Crippen molar-refractivity contribution in [1.29, 1.82) is 0 Å². The molecule has 2 saturated carbocycles. The van der Waals surface area contributed by atoms with Gasteiger partial charge < -0.3 is 4.74 Å². The van der Waals surface area contributed by atoms with Crippen molar-refractivity contribution in [3.05, 3.63) is 0 Å². The second-order valence-electron chi connectivity index (χ2n) is 6.46. The summed E-state index contributed by atoms with van der Waals surface area (Å²) >= 11 is 8.73. The molecule has 4 heteroatoms. The standard InChI is InChI=1S/C16H25ClO2S/c1-2-9-19-11-7-8-13-14(15(11)17)16(18)10-5-3-4-6-12(10)20-13/h10-15H,2-9H2,1H3. The Morgan fingerprint density at radius 1 is 1.20 bits per heavy atom. The van der Waals surface area contributed by atoms with E-state index in [0.29, 0.717) is 16.3 Å². The van der Waals surface area contributed by atoms with Crippen molar-refractivity contribution in [2.24, 2.45) is 11.8 Å². The van der Waals surface area contributed by atoms with E-state index in [0.717, 1.165) is 32.3 Å². The summed E-state index contributed by atoms with van der Waals surface area (Å²) in [4.78, 5) is 12.9.